The Hall–Kier alpha value is -4.80. The fraction of sp³-hybridized carbons (Fsp3) is 0.222. The summed E-state index contributed by atoms with van der Waals surface area (Å²) in [6.45, 7) is 1.70. The maximum atomic E-state index is 13.2. The van der Waals surface area contributed by atoms with E-state index in [9.17, 15) is 18.8 Å². The van der Waals surface area contributed by atoms with Crippen LogP contribution < -0.4 is 20.1 Å². The second kappa shape index (κ2) is 10.7. The van der Waals surface area contributed by atoms with Gasteiger partial charge in [-0.25, -0.2) is 13.9 Å². The van der Waals surface area contributed by atoms with Crippen molar-refractivity contribution in [3.63, 3.8) is 0 Å². The van der Waals surface area contributed by atoms with Crippen molar-refractivity contribution in [1.82, 2.24) is 25.2 Å². The summed E-state index contributed by atoms with van der Waals surface area (Å²) in [6, 6.07) is 15.1. The highest BCUT2D eigenvalue weighted by Crippen LogP contribution is 2.24. The van der Waals surface area contributed by atoms with Crippen LogP contribution in [0.1, 0.15) is 44.6 Å². The number of alkyl halides is 1. The quantitative estimate of drug-likeness (QED) is 0.368. The largest absolute Gasteiger partial charge is 0.486 e. The van der Waals surface area contributed by atoms with E-state index < -0.39 is 18.2 Å². The second-order valence-electron chi connectivity index (χ2n) is 8.75. The molecule has 3 heterocycles. The van der Waals surface area contributed by atoms with Crippen LogP contribution >= 0.6 is 0 Å². The average molecular weight is 518 g/mol. The molecule has 5 rings (SSSR count). The fourth-order valence-electron chi connectivity index (χ4n) is 4.10. The van der Waals surface area contributed by atoms with Gasteiger partial charge in [0.1, 0.15) is 29.5 Å². The van der Waals surface area contributed by atoms with Gasteiger partial charge in [0.2, 0.25) is 6.36 Å². The van der Waals surface area contributed by atoms with E-state index in [4.69, 9.17) is 9.47 Å². The topological polar surface area (TPSA) is 124 Å². The highest BCUT2D eigenvalue weighted by atomic mass is 19.1. The highest BCUT2D eigenvalue weighted by molar-refractivity contribution is 5.98. The second-order valence-corrected chi connectivity index (χ2v) is 8.75. The summed E-state index contributed by atoms with van der Waals surface area (Å²) in [4.78, 5) is 42.0. The maximum absolute atomic E-state index is 13.2. The number of nitrogens with one attached hydrogen (secondary N) is 2. The molecular weight excluding hydrogens is 493 g/mol. The molecule has 0 bridgehead atoms. The third-order valence-corrected chi connectivity index (χ3v) is 5.83. The van der Waals surface area contributed by atoms with Crippen LogP contribution in [0.15, 0.2) is 60.8 Å². The predicted molar refractivity (Wildman–Crippen MR) is 134 cm³/mol. The minimum atomic E-state index is -1.46. The zero-order valence-electron chi connectivity index (χ0n) is 20.4. The Morgan fingerprint density at radius 3 is 2.68 bits per heavy atom. The molecule has 1 atom stereocenters. The van der Waals surface area contributed by atoms with E-state index in [2.05, 4.69) is 20.7 Å². The first kappa shape index (κ1) is 24.9. The van der Waals surface area contributed by atoms with Gasteiger partial charge in [0, 0.05) is 44.1 Å². The van der Waals surface area contributed by atoms with Crippen molar-refractivity contribution in [1.29, 1.82) is 0 Å². The van der Waals surface area contributed by atoms with Crippen molar-refractivity contribution in [2.75, 3.05) is 6.61 Å². The number of carbonyl (C=O) groups is 3. The number of nitrogens with zero attached hydrogens (tertiary/aromatic N) is 3. The molecule has 0 saturated heterocycles. The molecule has 11 heteroatoms. The zero-order chi connectivity index (χ0) is 26.6. The van der Waals surface area contributed by atoms with E-state index >= 15 is 0 Å². The zero-order valence-corrected chi connectivity index (χ0v) is 20.4. The Balaban J connectivity index is 1.29. The molecule has 1 unspecified atom stereocenters. The van der Waals surface area contributed by atoms with Crippen LogP contribution in [-0.4, -0.2) is 45.2 Å². The van der Waals surface area contributed by atoms with Gasteiger partial charge in [-0.15, -0.1) is 0 Å². The van der Waals surface area contributed by atoms with Crippen LogP contribution in [0.5, 0.6) is 11.5 Å². The molecule has 2 amide bonds. The molecule has 0 spiro atoms. The maximum Gasteiger partial charge on any atom is 0.270 e. The number of halogens is 1. The summed E-state index contributed by atoms with van der Waals surface area (Å²) in [5, 5.41) is 9.73. The Morgan fingerprint density at radius 2 is 1.87 bits per heavy atom. The van der Waals surface area contributed by atoms with Gasteiger partial charge in [-0.2, -0.15) is 5.10 Å². The molecule has 2 aromatic heterocycles. The summed E-state index contributed by atoms with van der Waals surface area (Å²) < 4.78 is 25.0. The van der Waals surface area contributed by atoms with Gasteiger partial charge in [0.25, 0.3) is 11.8 Å². The van der Waals surface area contributed by atoms with Crippen LogP contribution in [0.2, 0.25) is 0 Å². The number of rotatable bonds is 8. The molecule has 1 aliphatic rings. The van der Waals surface area contributed by atoms with Gasteiger partial charge in [-0.3, -0.25) is 14.4 Å². The van der Waals surface area contributed by atoms with Gasteiger partial charge in [0.05, 0.1) is 6.20 Å². The molecule has 194 valence electrons. The number of carbonyl (C=O) groups excluding carboxylic acids is 3. The van der Waals surface area contributed by atoms with E-state index in [0.717, 1.165) is 11.1 Å². The third-order valence-electron chi connectivity index (χ3n) is 5.83. The number of Topliss-reactive ketones (excluding diaryl/α,β-unsaturated/α-hetero) is 1. The van der Waals surface area contributed by atoms with Crippen LogP contribution in [0, 0.1) is 0 Å². The van der Waals surface area contributed by atoms with Crippen LogP contribution in [0.3, 0.4) is 0 Å². The smallest absolute Gasteiger partial charge is 0.270 e. The van der Waals surface area contributed by atoms with Gasteiger partial charge >= 0.3 is 0 Å². The Kier molecular flexibility index (Phi) is 6.98. The molecule has 2 N–H and O–H groups in total. The Bertz CT molecular complexity index is 1530. The van der Waals surface area contributed by atoms with Crippen molar-refractivity contribution >= 4 is 23.2 Å². The number of hydrogen-bond donors (Lipinski definition) is 2. The number of ketones is 1. The number of hydrogen-bond acceptors (Lipinski definition) is 7. The Labute approximate surface area is 216 Å². The third kappa shape index (κ3) is 5.61. The molecule has 2 aromatic carbocycles. The van der Waals surface area contributed by atoms with Crippen molar-refractivity contribution in [3.8, 4) is 11.5 Å². The van der Waals surface area contributed by atoms with Crippen LogP contribution in [0.4, 0.5) is 4.39 Å². The first-order valence-electron chi connectivity index (χ1n) is 11.9. The van der Waals surface area contributed by atoms with Gasteiger partial charge in [-0.1, -0.05) is 18.2 Å². The molecule has 10 nitrogen and oxygen atoms in total. The monoisotopic (exact) mass is 517 g/mol. The molecule has 4 aromatic rings. The summed E-state index contributed by atoms with van der Waals surface area (Å²) in [7, 11) is 0. The lowest BCUT2D eigenvalue weighted by atomic mass is 10.0. The van der Waals surface area contributed by atoms with Crippen molar-refractivity contribution in [2.45, 2.75) is 32.8 Å². The van der Waals surface area contributed by atoms with Crippen molar-refractivity contribution in [2.24, 2.45) is 0 Å². The lowest BCUT2D eigenvalue weighted by molar-refractivity contribution is -0.121. The van der Waals surface area contributed by atoms with E-state index in [1.54, 1.807) is 36.4 Å². The molecule has 0 fully saturated rings. The normalized spacial score (nSPS) is 13.4. The number of aromatic nitrogens is 3. The van der Waals surface area contributed by atoms with E-state index in [1.165, 1.54) is 23.7 Å². The number of amides is 2. The number of benzene rings is 2. The van der Waals surface area contributed by atoms with E-state index in [1.807, 2.05) is 12.1 Å². The first-order chi connectivity index (χ1) is 18.4. The van der Waals surface area contributed by atoms with Gasteiger partial charge in [0.15, 0.2) is 11.4 Å². The number of fused-ring (bicyclic) bond motifs is 2. The van der Waals surface area contributed by atoms with Gasteiger partial charge in [-0.05, 0) is 35.4 Å². The van der Waals surface area contributed by atoms with E-state index in [-0.39, 0.29) is 36.9 Å². The molecule has 0 radical (unpaired) electrons. The molecule has 0 aliphatic carbocycles. The van der Waals surface area contributed by atoms with Crippen molar-refractivity contribution < 1.29 is 28.2 Å². The standard InChI is InChI=1S/C27H24FN5O5/c1-16(28)38-21-4-2-3-17(10-21)13-30-27(36)23-12-22(32-25-7-8-31-33(23)25)26(35)29-14-18-5-6-24-19(9-18)11-20(34)15-37-24/h2-10,12,16H,11,13-15H2,1H3,(H,29,35)(H,30,36). The average Bonchev–Trinajstić information content (AvgIpc) is 3.38. The predicted octanol–water partition coefficient (Wildman–Crippen LogP) is 2.79. The van der Waals surface area contributed by atoms with Crippen LogP contribution in [0.25, 0.3) is 5.65 Å². The minimum absolute atomic E-state index is 0.00167. The summed E-state index contributed by atoms with van der Waals surface area (Å²) in [6.07, 6.45) is 0.317. The fourth-order valence-corrected chi connectivity index (χ4v) is 4.10. The first-order valence-corrected chi connectivity index (χ1v) is 11.9. The summed E-state index contributed by atoms with van der Waals surface area (Å²) in [5.74, 6) is 0.0671. The minimum Gasteiger partial charge on any atom is -0.486 e. The van der Waals surface area contributed by atoms with E-state index in [0.29, 0.717) is 29.1 Å². The lowest BCUT2D eigenvalue weighted by Gasteiger charge is -2.17. The molecule has 1 aliphatic heterocycles. The van der Waals surface area contributed by atoms with Crippen LogP contribution in [-0.2, 0) is 24.3 Å². The molecular formula is C27H24FN5O5. The lowest BCUT2D eigenvalue weighted by Crippen LogP contribution is -2.28. The number of ether oxygens (including phenoxy) is 2. The SMILES string of the molecule is CC(F)Oc1cccc(CNC(=O)c2cc(C(=O)NCc3ccc4c(c3)CC(=O)CO4)nc3ccnn23)c1. The molecule has 38 heavy (non-hydrogen) atoms. The van der Waals surface area contributed by atoms with Crippen molar-refractivity contribution in [3.05, 3.63) is 88.9 Å². The summed E-state index contributed by atoms with van der Waals surface area (Å²) in [5.41, 5.74) is 2.79. The van der Waals surface area contributed by atoms with Gasteiger partial charge < -0.3 is 20.1 Å². The Morgan fingerprint density at radius 1 is 1.08 bits per heavy atom. The highest BCUT2D eigenvalue weighted by Gasteiger charge is 2.19. The summed E-state index contributed by atoms with van der Waals surface area (Å²) >= 11 is 0. The molecule has 0 saturated carbocycles.